The highest BCUT2D eigenvalue weighted by atomic mass is 16.1. The first-order valence-electron chi connectivity index (χ1n) is 8.72. The Bertz CT molecular complexity index is 887. The highest BCUT2D eigenvalue weighted by molar-refractivity contribution is 6.04. The number of aromatic nitrogens is 4. The van der Waals surface area contributed by atoms with Crippen molar-refractivity contribution in [3.63, 3.8) is 0 Å². The minimum atomic E-state index is -0.196. The van der Waals surface area contributed by atoms with Gasteiger partial charge in [-0.2, -0.15) is 10.2 Å². The first kappa shape index (κ1) is 17.9. The number of hydrogen-bond donors (Lipinski definition) is 2. The van der Waals surface area contributed by atoms with Crippen LogP contribution in [0.4, 0.5) is 5.82 Å². The highest BCUT2D eigenvalue weighted by Crippen LogP contribution is 2.21. The van der Waals surface area contributed by atoms with Gasteiger partial charge in [-0.3, -0.25) is 14.6 Å². The Balaban J connectivity index is 1.75. The van der Waals surface area contributed by atoms with Crippen LogP contribution in [0.3, 0.4) is 0 Å². The van der Waals surface area contributed by atoms with Crippen LogP contribution >= 0.6 is 0 Å². The maximum atomic E-state index is 12.7. The maximum absolute atomic E-state index is 12.7. The minimum Gasteiger partial charge on any atom is -0.305 e. The molecular formula is C20H25N5O. The van der Waals surface area contributed by atoms with E-state index in [1.807, 2.05) is 43.4 Å². The van der Waals surface area contributed by atoms with E-state index >= 15 is 0 Å². The second kappa shape index (κ2) is 7.15. The summed E-state index contributed by atoms with van der Waals surface area (Å²) in [4.78, 5) is 12.7. The SMILES string of the molecule is Cn1ncc(C(=O)Nc2cc(CC(C)(C)C)[nH]n2)c1Cc1ccccc1. The third kappa shape index (κ3) is 4.39. The summed E-state index contributed by atoms with van der Waals surface area (Å²) in [5, 5.41) is 14.3. The standard InChI is InChI=1S/C20H25N5O/c1-20(2,3)12-15-11-18(24-23-15)22-19(26)16-13-21-25(4)17(16)10-14-8-6-5-7-9-14/h5-9,11,13H,10,12H2,1-4H3,(H2,22,23,24,26). The van der Waals surface area contributed by atoms with Crippen molar-refractivity contribution in [1.82, 2.24) is 20.0 Å². The highest BCUT2D eigenvalue weighted by Gasteiger charge is 2.18. The number of rotatable bonds is 5. The zero-order valence-corrected chi connectivity index (χ0v) is 15.7. The molecule has 0 bridgehead atoms. The van der Waals surface area contributed by atoms with Crippen LogP contribution in [-0.4, -0.2) is 25.9 Å². The Labute approximate surface area is 153 Å². The van der Waals surface area contributed by atoms with Crippen LogP contribution < -0.4 is 5.32 Å². The molecule has 0 aliphatic heterocycles. The summed E-state index contributed by atoms with van der Waals surface area (Å²) in [5.41, 5.74) is 3.73. The zero-order valence-electron chi connectivity index (χ0n) is 15.7. The molecule has 0 unspecified atom stereocenters. The first-order chi connectivity index (χ1) is 12.3. The average Bonchev–Trinajstić information content (AvgIpc) is 3.14. The van der Waals surface area contributed by atoms with Crippen LogP contribution in [0.25, 0.3) is 0 Å². The molecule has 2 aromatic heterocycles. The van der Waals surface area contributed by atoms with Crippen LogP contribution in [0.2, 0.25) is 0 Å². The third-order valence-electron chi connectivity index (χ3n) is 4.11. The van der Waals surface area contributed by atoms with Crippen molar-refractivity contribution in [2.75, 3.05) is 5.32 Å². The van der Waals surface area contributed by atoms with Gasteiger partial charge in [-0.15, -0.1) is 0 Å². The zero-order chi connectivity index (χ0) is 18.7. The van der Waals surface area contributed by atoms with Gasteiger partial charge in [0, 0.05) is 25.2 Å². The number of anilines is 1. The molecule has 2 heterocycles. The molecule has 0 saturated carbocycles. The van der Waals surface area contributed by atoms with Crippen molar-refractivity contribution < 1.29 is 4.79 Å². The molecule has 1 aromatic carbocycles. The van der Waals surface area contributed by atoms with E-state index in [-0.39, 0.29) is 11.3 Å². The monoisotopic (exact) mass is 351 g/mol. The lowest BCUT2D eigenvalue weighted by atomic mass is 9.91. The average molecular weight is 351 g/mol. The number of H-pyrrole nitrogens is 1. The molecule has 1 amide bonds. The van der Waals surface area contributed by atoms with Crippen molar-refractivity contribution in [3.8, 4) is 0 Å². The summed E-state index contributed by atoms with van der Waals surface area (Å²) in [7, 11) is 1.85. The quantitative estimate of drug-likeness (QED) is 0.738. The van der Waals surface area contributed by atoms with E-state index in [4.69, 9.17) is 0 Å². The molecule has 0 saturated heterocycles. The van der Waals surface area contributed by atoms with Crippen LogP contribution in [0, 0.1) is 5.41 Å². The first-order valence-corrected chi connectivity index (χ1v) is 8.72. The van der Waals surface area contributed by atoms with Crippen LogP contribution in [0.1, 0.15) is 48.1 Å². The number of amides is 1. The summed E-state index contributed by atoms with van der Waals surface area (Å²) < 4.78 is 1.75. The van der Waals surface area contributed by atoms with Gasteiger partial charge in [-0.05, 0) is 17.4 Å². The normalized spacial score (nSPS) is 11.5. The number of carbonyl (C=O) groups is 1. The smallest absolute Gasteiger partial charge is 0.260 e. The molecule has 26 heavy (non-hydrogen) atoms. The molecule has 6 heteroatoms. The molecule has 136 valence electrons. The molecular weight excluding hydrogens is 326 g/mol. The number of nitrogens with zero attached hydrogens (tertiary/aromatic N) is 3. The number of nitrogens with one attached hydrogen (secondary N) is 2. The lowest BCUT2D eigenvalue weighted by molar-refractivity contribution is 0.102. The van der Waals surface area contributed by atoms with Crippen LogP contribution in [-0.2, 0) is 19.9 Å². The van der Waals surface area contributed by atoms with E-state index in [0.717, 1.165) is 23.4 Å². The van der Waals surface area contributed by atoms with Gasteiger partial charge >= 0.3 is 0 Å². The molecule has 3 rings (SSSR count). The van der Waals surface area contributed by atoms with E-state index in [1.165, 1.54) is 0 Å². The molecule has 6 nitrogen and oxygen atoms in total. The minimum absolute atomic E-state index is 0.153. The Morgan fingerprint density at radius 1 is 1.23 bits per heavy atom. The number of hydrogen-bond acceptors (Lipinski definition) is 3. The van der Waals surface area contributed by atoms with Gasteiger partial charge in [0.15, 0.2) is 5.82 Å². The molecule has 0 aliphatic rings. The number of aromatic amines is 1. The Morgan fingerprint density at radius 3 is 2.65 bits per heavy atom. The second-order valence-electron chi connectivity index (χ2n) is 7.76. The van der Waals surface area contributed by atoms with Crippen LogP contribution in [0.15, 0.2) is 42.6 Å². The number of carbonyl (C=O) groups excluding carboxylic acids is 1. The topological polar surface area (TPSA) is 75.6 Å². The molecule has 0 atom stereocenters. The van der Waals surface area contributed by atoms with E-state index < -0.39 is 0 Å². The molecule has 0 fully saturated rings. The predicted molar refractivity (Wildman–Crippen MR) is 102 cm³/mol. The predicted octanol–water partition coefficient (Wildman–Crippen LogP) is 3.57. The second-order valence-corrected chi connectivity index (χ2v) is 7.76. The van der Waals surface area contributed by atoms with Crippen molar-refractivity contribution in [2.45, 2.75) is 33.6 Å². The fourth-order valence-corrected chi connectivity index (χ4v) is 2.92. The Kier molecular flexibility index (Phi) is 4.93. The van der Waals surface area contributed by atoms with Crippen molar-refractivity contribution in [2.24, 2.45) is 12.5 Å². The lowest BCUT2D eigenvalue weighted by Gasteiger charge is -2.15. The molecule has 3 aromatic rings. The van der Waals surface area contributed by atoms with E-state index in [0.29, 0.717) is 17.8 Å². The van der Waals surface area contributed by atoms with Crippen molar-refractivity contribution >= 4 is 11.7 Å². The van der Waals surface area contributed by atoms with Gasteiger partial charge in [-0.25, -0.2) is 0 Å². The van der Waals surface area contributed by atoms with Crippen LogP contribution in [0.5, 0.6) is 0 Å². The summed E-state index contributed by atoms with van der Waals surface area (Å²) in [6.07, 6.45) is 3.12. The number of aryl methyl sites for hydroxylation is 1. The summed E-state index contributed by atoms with van der Waals surface area (Å²) in [6.45, 7) is 6.49. The summed E-state index contributed by atoms with van der Waals surface area (Å²) in [5.74, 6) is 0.335. The van der Waals surface area contributed by atoms with Gasteiger partial charge in [0.1, 0.15) is 0 Å². The largest absolute Gasteiger partial charge is 0.305 e. The Morgan fingerprint density at radius 2 is 1.96 bits per heavy atom. The number of benzene rings is 1. The van der Waals surface area contributed by atoms with Gasteiger partial charge in [0.2, 0.25) is 0 Å². The van der Waals surface area contributed by atoms with Crippen molar-refractivity contribution in [3.05, 3.63) is 65.1 Å². The molecule has 0 aliphatic carbocycles. The van der Waals surface area contributed by atoms with E-state index in [2.05, 4.69) is 41.4 Å². The molecule has 0 radical (unpaired) electrons. The Hall–Kier alpha value is -2.89. The lowest BCUT2D eigenvalue weighted by Crippen LogP contribution is -2.15. The summed E-state index contributed by atoms with van der Waals surface area (Å²) >= 11 is 0. The van der Waals surface area contributed by atoms with Gasteiger partial charge in [0.25, 0.3) is 5.91 Å². The fourth-order valence-electron chi connectivity index (χ4n) is 2.92. The van der Waals surface area contributed by atoms with Crippen molar-refractivity contribution in [1.29, 1.82) is 0 Å². The fraction of sp³-hybridized carbons (Fsp3) is 0.350. The van der Waals surface area contributed by atoms with E-state index in [9.17, 15) is 4.79 Å². The molecule has 0 spiro atoms. The molecule has 2 N–H and O–H groups in total. The van der Waals surface area contributed by atoms with E-state index in [1.54, 1.807) is 10.9 Å². The van der Waals surface area contributed by atoms with Gasteiger partial charge < -0.3 is 5.32 Å². The van der Waals surface area contributed by atoms with Gasteiger partial charge in [-0.1, -0.05) is 51.1 Å². The van der Waals surface area contributed by atoms with Gasteiger partial charge in [0.05, 0.1) is 17.5 Å². The summed E-state index contributed by atoms with van der Waals surface area (Å²) in [6, 6.07) is 11.9. The third-order valence-corrected chi connectivity index (χ3v) is 4.11. The maximum Gasteiger partial charge on any atom is 0.260 e.